The molecule has 0 aliphatic carbocycles. The van der Waals surface area contributed by atoms with Crippen LogP contribution in [0.5, 0.6) is 0 Å². The van der Waals surface area contributed by atoms with Crippen molar-refractivity contribution >= 4 is 58.9 Å². The van der Waals surface area contributed by atoms with E-state index in [9.17, 15) is 33.6 Å². The predicted octanol–water partition coefficient (Wildman–Crippen LogP) is 2.74. The summed E-state index contributed by atoms with van der Waals surface area (Å²) in [5.41, 5.74) is 2.05. The topological polar surface area (TPSA) is 210 Å². The van der Waals surface area contributed by atoms with E-state index >= 15 is 0 Å². The average molecular weight is 888 g/mol. The van der Waals surface area contributed by atoms with Gasteiger partial charge in [0.25, 0.3) is 17.7 Å². The number of rotatable bonds is 15. The molecule has 7 amide bonds. The molecule has 2 aromatic heterocycles. The third kappa shape index (κ3) is 10.9. The Morgan fingerprint density at radius 3 is 2.31 bits per heavy atom. The van der Waals surface area contributed by atoms with Crippen LogP contribution < -0.4 is 20.9 Å². The van der Waals surface area contributed by atoms with Crippen molar-refractivity contribution in [2.45, 2.75) is 76.3 Å². The number of piperazine rings is 1. The van der Waals surface area contributed by atoms with Crippen molar-refractivity contribution in [3.8, 4) is 0 Å². The Morgan fingerprint density at radius 2 is 1.58 bits per heavy atom. The molecule has 0 radical (unpaired) electrons. The van der Waals surface area contributed by atoms with Crippen LogP contribution in [-0.4, -0.2) is 154 Å². The lowest BCUT2D eigenvalue weighted by Crippen LogP contribution is -2.54. The zero-order valence-corrected chi connectivity index (χ0v) is 36.7. The maximum Gasteiger partial charge on any atom is 0.274 e. The molecule has 3 aromatic rings. The molecule has 18 heteroatoms. The lowest BCUT2D eigenvalue weighted by atomic mass is 9.91. The van der Waals surface area contributed by atoms with Gasteiger partial charge in [-0.15, -0.1) is 10.2 Å². The lowest BCUT2D eigenvalue weighted by molar-refractivity contribution is -0.136. The van der Waals surface area contributed by atoms with Gasteiger partial charge in [-0.05, 0) is 86.4 Å². The first-order valence-electron chi connectivity index (χ1n) is 23.0. The van der Waals surface area contributed by atoms with Crippen LogP contribution in [0.2, 0.25) is 0 Å². The molecule has 4 saturated heterocycles. The summed E-state index contributed by atoms with van der Waals surface area (Å²) in [5, 5.41) is 17.1. The van der Waals surface area contributed by atoms with Gasteiger partial charge in [-0.2, -0.15) is 0 Å². The van der Waals surface area contributed by atoms with Crippen LogP contribution in [0.4, 0.5) is 11.5 Å². The molecule has 342 valence electrons. The number of carbonyl (C=O) groups is 7. The summed E-state index contributed by atoms with van der Waals surface area (Å²) in [7, 11) is 0. The first-order chi connectivity index (χ1) is 31.6. The Kier molecular flexibility index (Phi) is 14.5. The number of nitrogens with zero attached hydrogens (tertiary/aromatic N) is 8. The number of likely N-dealkylation sites (tertiary alicyclic amines) is 1. The molecule has 1 atom stereocenters. The molecular formula is C47H57N11O7. The third-order valence-corrected chi connectivity index (χ3v) is 13.3. The van der Waals surface area contributed by atoms with Gasteiger partial charge in [0, 0.05) is 108 Å². The largest absolute Gasteiger partial charge is 0.384 e. The maximum absolute atomic E-state index is 13.4. The minimum absolute atomic E-state index is 0.00899. The first kappa shape index (κ1) is 45.0. The normalized spacial score (nSPS) is 20.0. The van der Waals surface area contributed by atoms with Crippen LogP contribution in [-0.2, 0) is 19.2 Å². The van der Waals surface area contributed by atoms with Crippen molar-refractivity contribution in [2.24, 2.45) is 5.92 Å². The summed E-state index contributed by atoms with van der Waals surface area (Å²) in [6.07, 6.45) is 13.9. The minimum Gasteiger partial charge on any atom is -0.384 e. The SMILES string of the molecule is O=C(/C=C/c1cccnc1)NCCCCC1CCN(C(=O)c2ccc(N3CCC(N4CCN(C(=O)CCNc5cccc6c5C(=O)N(C5CCC(=O)NC5=O)C6=O)CC4)CC3)nn2)CC1. The molecule has 0 spiro atoms. The molecule has 0 saturated carbocycles. The predicted molar refractivity (Wildman–Crippen MR) is 240 cm³/mol. The quantitative estimate of drug-likeness (QED) is 0.114. The number of unbranched alkanes of at least 4 members (excludes halogenated alkanes) is 1. The molecular weight excluding hydrogens is 831 g/mol. The van der Waals surface area contributed by atoms with Crippen molar-refractivity contribution in [1.82, 2.24) is 45.4 Å². The van der Waals surface area contributed by atoms with Gasteiger partial charge in [0.1, 0.15) is 6.04 Å². The van der Waals surface area contributed by atoms with Gasteiger partial charge in [-0.25, -0.2) is 0 Å². The van der Waals surface area contributed by atoms with Gasteiger partial charge in [-0.1, -0.05) is 25.0 Å². The van der Waals surface area contributed by atoms with Gasteiger partial charge >= 0.3 is 0 Å². The monoisotopic (exact) mass is 887 g/mol. The standard InChI is InChI=1S/C47H57N11O7/c59-40(13-9-33-6-4-20-48-31-33)50-21-2-1-5-32-16-23-57(24-17-32)46(64)37-10-12-39(53-52-37)55-25-18-34(19-26-55)54-27-29-56(30-28-54)42(61)15-22-49-36-8-3-7-35-43(36)47(65)58(45(35)63)38-11-14-41(60)51-44(38)62/h3-4,6-10,12-13,20,31-32,34,38,49H,1-2,5,11,14-19,21-30H2,(H,50,59)(H,51,60,62)/b13-9+. The fraction of sp³-hybridized carbons (Fsp3) is 0.489. The van der Waals surface area contributed by atoms with Crippen LogP contribution in [0, 0.1) is 5.92 Å². The Labute approximate surface area is 378 Å². The summed E-state index contributed by atoms with van der Waals surface area (Å²) in [6, 6.07) is 11.7. The van der Waals surface area contributed by atoms with E-state index < -0.39 is 29.7 Å². The number of benzene rings is 1. The first-order valence-corrected chi connectivity index (χ1v) is 23.0. The second-order valence-corrected chi connectivity index (χ2v) is 17.4. The summed E-state index contributed by atoms with van der Waals surface area (Å²) in [4.78, 5) is 103. The van der Waals surface area contributed by atoms with E-state index in [0.717, 1.165) is 87.4 Å². The molecule has 0 bridgehead atoms. The second-order valence-electron chi connectivity index (χ2n) is 17.4. The average Bonchev–Trinajstić information content (AvgIpc) is 3.59. The van der Waals surface area contributed by atoms with Crippen molar-refractivity contribution in [1.29, 1.82) is 0 Å². The van der Waals surface area contributed by atoms with E-state index in [0.29, 0.717) is 56.1 Å². The molecule has 3 N–H and O–H groups in total. The fourth-order valence-electron chi connectivity index (χ4n) is 9.59. The van der Waals surface area contributed by atoms with E-state index in [4.69, 9.17) is 0 Å². The van der Waals surface area contributed by atoms with Crippen molar-refractivity contribution in [3.05, 3.63) is 83.3 Å². The Morgan fingerprint density at radius 1 is 0.785 bits per heavy atom. The second kappa shape index (κ2) is 21.0. The molecule has 1 unspecified atom stereocenters. The number of nitrogens with one attached hydrogen (secondary N) is 3. The molecule has 18 nitrogen and oxygen atoms in total. The Balaban J connectivity index is 0.700. The lowest BCUT2D eigenvalue weighted by Gasteiger charge is -2.43. The zero-order valence-electron chi connectivity index (χ0n) is 36.7. The number of amides is 7. The van der Waals surface area contributed by atoms with E-state index in [1.807, 2.05) is 28.0 Å². The molecule has 1 aromatic carbocycles. The maximum atomic E-state index is 13.4. The number of pyridine rings is 1. The number of fused-ring (bicyclic) bond motifs is 1. The number of piperidine rings is 3. The highest BCUT2D eigenvalue weighted by molar-refractivity contribution is 6.25. The molecule has 5 aliphatic heterocycles. The van der Waals surface area contributed by atoms with Gasteiger partial charge in [0.2, 0.25) is 23.6 Å². The number of anilines is 2. The molecule has 65 heavy (non-hydrogen) atoms. The van der Waals surface area contributed by atoms with Crippen molar-refractivity contribution in [2.75, 3.05) is 75.7 Å². The van der Waals surface area contributed by atoms with Crippen molar-refractivity contribution < 1.29 is 33.6 Å². The van der Waals surface area contributed by atoms with Gasteiger partial charge in [-0.3, -0.25) is 53.7 Å². The van der Waals surface area contributed by atoms with Gasteiger partial charge in [0.05, 0.1) is 11.1 Å². The molecule has 7 heterocycles. The van der Waals surface area contributed by atoms with Crippen molar-refractivity contribution in [3.63, 3.8) is 0 Å². The number of carbonyl (C=O) groups excluding carboxylic acids is 7. The summed E-state index contributed by atoms with van der Waals surface area (Å²) >= 11 is 0. The van der Waals surface area contributed by atoms with Crippen LogP contribution in [0.15, 0.2) is 60.9 Å². The minimum atomic E-state index is -1.04. The Bertz CT molecular complexity index is 2270. The highest BCUT2D eigenvalue weighted by Crippen LogP contribution is 2.33. The van der Waals surface area contributed by atoms with E-state index in [-0.39, 0.29) is 54.7 Å². The fourth-order valence-corrected chi connectivity index (χ4v) is 9.59. The number of imide groups is 2. The van der Waals surface area contributed by atoms with Gasteiger partial charge < -0.3 is 25.3 Å². The van der Waals surface area contributed by atoms with E-state index in [1.165, 1.54) is 6.08 Å². The van der Waals surface area contributed by atoms with E-state index in [2.05, 4.69) is 40.9 Å². The number of hydrogen-bond acceptors (Lipinski definition) is 13. The zero-order chi connectivity index (χ0) is 45.3. The molecule has 4 fully saturated rings. The summed E-state index contributed by atoms with van der Waals surface area (Å²) in [6.45, 7) is 6.77. The third-order valence-electron chi connectivity index (χ3n) is 13.3. The summed E-state index contributed by atoms with van der Waals surface area (Å²) in [5.74, 6) is -1.09. The van der Waals surface area contributed by atoms with E-state index in [1.54, 1.807) is 42.7 Å². The number of aromatic nitrogens is 3. The van der Waals surface area contributed by atoms with Crippen LogP contribution >= 0.6 is 0 Å². The smallest absolute Gasteiger partial charge is 0.274 e. The number of hydrogen-bond donors (Lipinski definition) is 3. The van der Waals surface area contributed by atoms with Crippen LogP contribution in [0.3, 0.4) is 0 Å². The summed E-state index contributed by atoms with van der Waals surface area (Å²) < 4.78 is 0. The highest BCUT2D eigenvalue weighted by atomic mass is 16.2. The Hall–Kier alpha value is -6.56. The van der Waals surface area contributed by atoms with Gasteiger partial charge in [0.15, 0.2) is 11.5 Å². The molecule has 5 aliphatic rings. The van der Waals surface area contributed by atoms with Crippen LogP contribution in [0.25, 0.3) is 6.08 Å². The molecule has 8 rings (SSSR count). The van der Waals surface area contributed by atoms with Crippen LogP contribution in [0.1, 0.15) is 101 Å². The highest BCUT2D eigenvalue weighted by Gasteiger charge is 2.45.